The first kappa shape index (κ1) is 13.5. The Morgan fingerprint density at radius 3 is 2.65 bits per heavy atom. The highest BCUT2D eigenvalue weighted by Crippen LogP contribution is 2.31. The molecular formula is C14H12BrN3OS. The maximum absolute atomic E-state index is 5.86. The van der Waals surface area contributed by atoms with Gasteiger partial charge in [0.25, 0.3) is 0 Å². The van der Waals surface area contributed by atoms with E-state index in [1.165, 1.54) is 0 Å². The molecule has 0 saturated heterocycles. The number of thiophene rings is 1. The van der Waals surface area contributed by atoms with Crippen molar-refractivity contribution < 1.29 is 4.52 Å². The third kappa shape index (κ3) is 2.67. The fraction of sp³-hybridized carbons (Fsp3) is 0.143. The molecule has 0 saturated carbocycles. The van der Waals surface area contributed by atoms with Gasteiger partial charge in [0.05, 0.1) is 14.6 Å². The lowest BCUT2D eigenvalue weighted by Gasteiger charge is -2.09. The number of nitrogens with zero attached hydrogens (tertiary/aromatic N) is 2. The van der Waals surface area contributed by atoms with E-state index in [0.717, 1.165) is 14.2 Å². The van der Waals surface area contributed by atoms with Crippen LogP contribution in [0.5, 0.6) is 0 Å². The van der Waals surface area contributed by atoms with Gasteiger partial charge in [-0.3, -0.25) is 0 Å². The molecule has 3 rings (SSSR count). The zero-order valence-electron chi connectivity index (χ0n) is 10.5. The van der Waals surface area contributed by atoms with Crippen LogP contribution in [0.2, 0.25) is 0 Å². The van der Waals surface area contributed by atoms with Crippen molar-refractivity contribution in [1.82, 2.24) is 10.1 Å². The third-order valence-electron chi connectivity index (χ3n) is 2.97. The van der Waals surface area contributed by atoms with Gasteiger partial charge in [-0.1, -0.05) is 35.5 Å². The largest absolute Gasteiger partial charge is 0.338 e. The Bertz CT molecular complexity index is 695. The van der Waals surface area contributed by atoms with E-state index in [2.05, 4.69) is 26.1 Å². The molecule has 1 aromatic carbocycles. The van der Waals surface area contributed by atoms with Gasteiger partial charge in [-0.2, -0.15) is 4.98 Å². The maximum atomic E-state index is 5.86. The smallest absolute Gasteiger partial charge is 0.235 e. The summed E-state index contributed by atoms with van der Waals surface area (Å²) in [7, 11) is 0. The minimum Gasteiger partial charge on any atom is -0.338 e. The van der Waals surface area contributed by atoms with E-state index in [1.807, 2.05) is 42.5 Å². The highest BCUT2D eigenvalue weighted by atomic mass is 79.9. The first-order chi connectivity index (χ1) is 9.78. The zero-order chi connectivity index (χ0) is 13.9. The summed E-state index contributed by atoms with van der Waals surface area (Å²) in [4.78, 5) is 5.44. The van der Waals surface area contributed by atoms with Gasteiger partial charge >= 0.3 is 0 Å². The predicted octanol–water partition coefficient (Wildman–Crippen LogP) is 3.65. The fourth-order valence-electron chi connectivity index (χ4n) is 1.98. The monoisotopic (exact) mass is 349 g/mol. The molecule has 0 bridgehead atoms. The summed E-state index contributed by atoms with van der Waals surface area (Å²) in [6.45, 7) is 0.430. The SMILES string of the molecule is NCC(c1ccccc1)c1nc(-c2ccc(Br)s2)no1. The van der Waals surface area contributed by atoms with Crippen molar-refractivity contribution in [3.8, 4) is 10.7 Å². The van der Waals surface area contributed by atoms with Gasteiger partial charge in [-0.25, -0.2) is 0 Å². The molecule has 0 fully saturated rings. The van der Waals surface area contributed by atoms with Crippen molar-refractivity contribution in [1.29, 1.82) is 0 Å². The molecule has 2 N–H and O–H groups in total. The van der Waals surface area contributed by atoms with E-state index < -0.39 is 0 Å². The van der Waals surface area contributed by atoms with Crippen molar-refractivity contribution in [2.75, 3.05) is 6.54 Å². The molecule has 0 radical (unpaired) electrons. The molecule has 3 aromatic rings. The minimum absolute atomic E-state index is 0.0687. The third-order valence-corrected chi connectivity index (χ3v) is 4.59. The molecule has 4 nitrogen and oxygen atoms in total. The summed E-state index contributed by atoms with van der Waals surface area (Å²) in [5.74, 6) is 1.09. The number of nitrogens with two attached hydrogens (primary N) is 1. The van der Waals surface area contributed by atoms with E-state index in [4.69, 9.17) is 10.3 Å². The van der Waals surface area contributed by atoms with Crippen LogP contribution in [-0.4, -0.2) is 16.7 Å². The lowest BCUT2D eigenvalue weighted by molar-refractivity contribution is 0.367. The summed E-state index contributed by atoms with van der Waals surface area (Å²) in [5.41, 5.74) is 6.94. The standard InChI is InChI=1S/C14H12BrN3OS/c15-12-7-6-11(20-12)13-17-14(19-18-13)10(8-16)9-4-2-1-3-5-9/h1-7,10H,8,16H2. The highest BCUT2D eigenvalue weighted by molar-refractivity contribution is 9.11. The number of rotatable bonds is 4. The van der Waals surface area contributed by atoms with Crippen LogP contribution in [0.4, 0.5) is 0 Å². The molecule has 0 amide bonds. The summed E-state index contributed by atoms with van der Waals surface area (Å²) in [6.07, 6.45) is 0. The summed E-state index contributed by atoms with van der Waals surface area (Å²) in [6, 6.07) is 13.9. The molecule has 0 aliphatic carbocycles. The van der Waals surface area contributed by atoms with Crippen LogP contribution in [0.15, 0.2) is 50.8 Å². The number of hydrogen-bond acceptors (Lipinski definition) is 5. The second-order valence-corrected chi connectivity index (χ2v) is 6.72. The number of benzene rings is 1. The Labute approximate surface area is 128 Å². The topological polar surface area (TPSA) is 64.9 Å². The summed E-state index contributed by atoms with van der Waals surface area (Å²) >= 11 is 5.00. The summed E-state index contributed by atoms with van der Waals surface area (Å²) in [5, 5.41) is 4.04. The minimum atomic E-state index is -0.0687. The van der Waals surface area contributed by atoms with Crippen molar-refractivity contribution in [3.05, 3.63) is 57.7 Å². The maximum Gasteiger partial charge on any atom is 0.235 e. The molecular weight excluding hydrogens is 338 g/mol. The van der Waals surface area contributed by atoms with Gasteiger partial charge in [0, 0.05) is 6.54 Å². The van der Waals surface area contributed by atoms with Crippen LogP contribution in [0.1, 0.15) is 17.4 Å². The van der Waals surface area contributed by atoms with Gasteiger partial charge in [0.1, 0.15) is 0 Å². The molecule has 0 aliphatic rings. The number of aromatic nitrogens is 2. The average molecular weight is 350 g/mol. The predicted molar refractivity (Wildman–Crippen MR) is 82.7 cm³/mol. The quantitative estimate of drug-likeness (QED) is 0.780. The van der Waals surface area contributed by atoms with Gasteiger partial charge in [-0.15, -0.1) is 11.3 Å². The molecule has 1 atom stereocenters. The molecule has 2 aromatic heterocycles. The Balaban J connectivity index is 1.92. The zero-order valence-corrected chi connectivity index (χ0v) is 12.9. The van der Waals surface area contributed by atoms with E-state index >= 15 is 0 Å². The van der Waals surface area contributed by atoms with Crippen LogP contribution in [0, 0.1) is 0 Å². The van der Waals surface area contributed by atoms with Gasteiger partial charge in [0.2, 0.25) is 11.7 Å². The van der Waals surface area contributed by atoms with Crippen molar-refractivity contribution in [2.24, 2.45) is 5.73 Å². The van der Waals surface area contributed by atoms with E-state index in [9.17, 15) is 0 Å². The van der Waals surface area contributed by atoms with Crippen LogP contribution in [-0.2, 0) is 0 Å². The Hall–Kier alpha value is -1.50. The molecule has 6 heteroatoms. The van der Waals surface area contributed by atoms with E-state index in [0.29, 0.717) is 18.3 Å². The van der Waals surface area contributed by atoms with Gasteiger partial charge in [-0.05, 0) is 33.6 Å². The fourth-order valence-corrected chi connectivity index (χ4v) is 3.29. The molecule has 102 valence electrons. The van der Waals surface area contributed by atoms with Crippen LogP contribution < -0.4 is 5.73 Å². The number of halogens is 1. The second-order valence-electron chi connectivity index (χ2n) is 4.26. The lowest BCUT2D eigenvalue weighted by Crippen LogP contribution is -2.14. The van der Waals surface area contributed by atoms with Crippen molar-refractivity contribution >= 4 is 27.3 Å². The Morgan fingerprint density at radius 2 is 2.00 bits per heavy atom. The van der Waals surface area contributed by atoms with E-state index in [1.54, 1.807) is 11.3 Å². The first-order valence-corrected chi connectivity index (χ1v) is 7.73. The van der Waals surface area contributed by atoms with Crippen molar-refractivity contribution in [3.63, 3.8) is 0 Å². The van der Waals surface area contributed by atoms with Crippen molar-refractivity contribution in [2.45, 2.75) is 5.92 Å². The Kier molecular flexibility index (Phi) is 3.95. The Morgan fingerprint density at radius 1 is 1.20 bits per heavy atom. The van der Waals surface area contributed by atoms with E-state index in [-0.39, 0.29) is 5.92 Å². The molecule has 20 heavy (non-hydrogen) atoms. The second kappa shape index (κ2) is 5.87. The normalized spacial score (nSPS) is 12.5. The van der Waals surface area contributed by atoms with Crippen LogP contribution in [0.25, 0.3) is 10.7 Å². The molecule has 0 aliphatic heterocycles. The van der Waals surface area contributed by atoms with Crippen LogP contribution in [0.3, 0.4) is 0 Å². The average Bonchev–Trinajstić information content (AvgIpc) is 3.10. The highest BCUT2D eigenvalue weighted by Gasteiger charge is 2.20. The molecule has 1 unspecified atom stereocenters. The summed E-state index contributed by atoms with van der Waals surface area (Å²) < 4.78 is 6.43. The lowest BCUT2D eigenvalue weighted by atomic mass is 9.99. The number of hydrogen-bond donors (Lipinski definition) is 1. The van der Waals surface area contributed by atoms with Gasteiger partial charge < -0.3 is 10.3 Å². The molecule has 0 spiro atoms. The van der Waals surface area contributed by atoms with Gasteiger partial charge in [0.15, 0.2) is 0 Å². The first-order valence-electron chi connectivity index (χ1n) is 6.12. The van der Waals surface area contributed by atoms with Crippen LogP contribution >= 0.6 is 27.3 Å². The molecule has 2 heterocycles.